The Balaban J connectivity index is 1.95. The van der Waals surface area contributed by atoms with Crippen LogP contribution >= 0.6 is 0 Å². The maximum atomic E-state index is 12.4. The van der Waals surface area contributed by atoms with Crippen LogP contribution in [0.15, 0.2) is 48.5 Å². The van der Waals surface area contributed by atoms with Gasteiger partial charge in [-0.15, -0.1) is 0 Å². The number of ether oxygens (including phenoxy) is 1. The van der Waals surface area contributed by atoms with Crippen molar-refractivity contribution >= 4 is 21.6 Å². The van der Waals surface area contributed by atoms with E-state index >= 15 is 0 Å². The summed E-state index contributed by atoms with van der Waals surface area (Å²) in [5.41, 5.74) is 2.53. The smallest absolute Gasteiger partial charge is 0.241 e. The van der Waals surface area contributed by atoms with Gasteiger partial charge in [0.05, 0.1) is 18.0 Å². The van der Waals surface area contributed by atoms with E-state index < -0.39 is 10.0 Å². The fourth-order valence-electron chi connectivity index (χ4n) is 2.53. The molecule has 0 aliphatic rings. The van der Waals surface area contributed by atoms with Gasteiger partial charge in [-0.1, -0.05) is 29.8 Å². The third kappa shape index (κ3) is 6.60. The van der Waals surface area contributed by atoms with Gasteiger partial charge in [-0.25, -0.2) is 8.42 Å². The first-order chi connectivity index (χ1) is 12.6. The number of anilines is 1. The highest BCUT2D eigenvalue weighted by Crippen LogP contribution is 2.18. The highest BCUT2D eigenvalue weighted by Gasteiger charge is 2.21. The lowest BCUT2D eigenvalue weighted by molar-refractivity contribution is -0.120. The van der Waals surface area contributed by atoms with E-state index in [1.807, 2.05) is 51.1 Å². The van der Waals surface area contributed by atoms with Crippen molar-refractivity contribution in [2.45, 2.75) is 26.8 Å². The van der Waals surface area contributed by atoms with Crippen LogP contribution < -0.4 is 14.4 Å². The number of benzene rings is 2. The molecule has 0 aliphatic carbocycles. The summed E-state index contributed by atoms with van der Waals surface area (Å²) in [7, 11) is -3.58. The van der Waals surface area contributed by atoms with Crippen molar-refractivity contribution < 1.29 is 17.9 Å². The van der Waals surface area contributed by atoms with Crippen molar-refractivity contribution in [1.29, 1.82) is 0 Å². The molecule has 146 valence electrons. The van der Waals surface area contributed by atoms with Gasteiger partial charge in [-0.2, -0.15) is 0 Å². The Morgan fingerprint density at radius 1 is 1.11 bits per heavy atom. The Bertz CT molecular complexity index is 879. The fourth-order valence-corrected chi connectivity index (χ4v) is 3.38. The molecule has 0 saturated carbocycles. The number of aryl methyl sites for hydroxylation is 2. The average Bonchev–Trinajstić information content (AvgIpc) is 2.58. The molecule has 1 atom stereocenters. The van der Waals surface area contributed by atoms with Gasteiger partial charge in [0.2, 0.25) is 15.9 Å². The maximum Gasteiger partial charge on any atom is 0.241 e. The third-order valence-electron chi connectivity index (χ3n) is 3.91. The van der Waals surface area contributed by atoms with Crippen molar-refractivity contribution in [1.82, 2.24) is 5.32 Å². The van der Waals surface area contributed by atoms with E-state index in [1.54, 1.807) is 18.2 Å². The molecule has 0 aliphatic heterocycles. The standard InChI is InChI=1S/C20H26N2O4S/c1-15-8-10-19(11-9-15)26-14-17(3)21-20(23)13-22(27(4,24)25)18-7-5-6-16(2)12-18/h5-12,17H,13-14H2,1-4H3,(H,21,23). The van der Waals surface area contributed by atoms with Gasteiger partial charge in [0.25, 0.3) is 0 Å². The van der Waals surface area contributed by atoms with E-state index in [2.05, 4.69) is 5.32 Å². The van der Waals surface area contributed by atoms with Crippen molar-refractivity contribution in [3.63, 3.8) is 0 Å². The molecule has 27 heavy (non-hydrogen) atoms. The SMILES string of the molecule is Cc1ccc(OCC(C)NC(=O)CN(c2cccc(C)c2)S(C)(=O)=O)cc1. The van der Waals surface area contributed by atoms with Crippen LogP contribution in [-0.4, -0.2) is 39.8 Å². The van der Waals surface area contributed by atoms with Gasteiger partial charge in [-0.05, 0) is 50.6 Å². The molecule has 2 rings (SSSR count). The van der Waals surface area contributed by atoms with Crippen LogP contribution in [0.2, 0.25) is 0 Å². The third-order valence-corrected chi connectivity index (χ3v) is 5.05. The summed E-state index contributed by atoms with van der Waals surface area (Å²) in [6, 6.07) is 14.4. The maximum absolute atomic E-state index is 12.4. The van der Waals surface area contributed by atoms with Gasteiger partial charge in [-0.3, -0.25) is 9.10 Å². The van der Waals surface area contributed by atoms with Crippen LogP contribution in [0.25, 0.3) is 0 Å². The van der Waals surface area contributed by atoms with Crippen LogP contribution in [0.4, 0.5) is 5.69 Å². The normalized spacial score (nSPS) is 12.3. The van der Waals surface area contributed by atoms with E-state index in [0.29, 0.717) is 5.69 Å². The summed E-state index contributed by atoms with van der Waals surface area (Å²) in [6.45, 7) is 5.68. The molecule has 1 unspecified atom stereocenters. The van der Waals surface area contributed by atoms with Crippen LogP contribution in [-0.2, 0) is 14.8 Å². The molecule has 2 aromatic carbocycles. The molecule has 0 fully saturated rings. The number of hydrogen-bond donors (Lipinski definition) is 1. The Hall–Kier alpha value is -2.54. The fraction of sp³-hybridized carbons (Fsp3) is 0.350. The monoisotopic (exact) mass is 390 g/mol. The lowest BCUT2D eigenvalue weighted by atomic mass is 10.2. The number of carbonyl (C=O) groups excluding carboxylic acids is 1. The van der Waals surface area contributed by atoms with Crippen molar-refractivity contribution in [2.75, 3.05) is 23.7 Å². The number of rotatable bonds is 8. The number of sulfonamides is 1. The number of hydrogen-bond acceptors (Lipinski definition) is 4. The van der Waals surface area contributed by atoms with E-state index in [9.17, 15) is 13.2 Å². The minimum absolute atomic E-state index is 0.266. The van der Waals surface area contributed by atoms with Crippen LogP contribution in [0.3, 0.4) is 0 Å². The molecule has 7 heteroatoms. The highest BCUT2D eigenvalue weighted by atomic mass is 32.2. The lowest BCUT2D eigenvalue weighted by Crippen LogP contribution is -2.44. The molecule has 1 amide bonds. The molecule has 0 spiro atoms. The van der Waals surface area contributed by atoms with Crippen LogP contribution in [0.1, 0.15) is 18.1 Å². The van der Waals surface area contributed by atoms with Crippen molar-refractivity contribution in [3.05, 3.63) is 59.7 Å². The lowest BCUT2D eigenvalue weighted by Gasteiger charge is -2.23. The molecule has 0 aromatic heterocycles. The predicted octanol–water partition coefficient (Wildman–Crippen LogP) is 2.65. The van der Waals surface area contributed by atoms with E-state index in [1.165, 1.54) is 0 Å². The zero-order valence-electron chi connectivity index (χ0n) is 16.1. The zero-order chi connectivity index (χ0) is 20.0. The molecule has 0 heterocycles. The number of nitrogens with one attached hydrogen (secondary N) is 1. The van der Waals surface area contributed by atoms with Gasteiger partial charge >= 0.3 is 0 Å². The average molecular weight is 391 g/mol. The second-order valence-electron chi connectivity index (χ2n) is 6.70. The zero-order valence-corrected chi connectivity index (χ0v) is 16.9. The Kier molecular flexibility index (Phi) is 6.85. The Labute approximate surface area is 161 Å². The molecule has 1 N–H and O–H groups in total. The van der Waals surface area contributed by atoms with Crippen LogP contribution in [0, 0.1) is 13.8 Å². The summed E-state index contributed by atoms with van der Waals surface area (Å²) < 4.78 is 31.0. The largest absolute Gasteiger partial charge is 0.491 e. The molecule has 0 radical (unpaired) electrons. The summed E-state index contributed by atoms with van der Waals surface area (Å²) in [5, 5.41) is 2.78. The molecule has 0 saturated heterocycles. The Morgan fingerprint density at radius 3 is 2.37 bits per heavy atom. The second kappa shape index (κ2) is 8.90. The first-order valence-corrected chi connectivity index (χ1v) is 10.5. The minimum atomic E-state index is -3.58. The number of nitrogens with zero attached hydrogens (tertiary/aromatic N) is 1. The topological polar surface area (TPSA) is 75.7 Å². The highest BCUT2D eigenvalue weighted by molar-refractivity contribution is 7.92. The second-order valence-corrected chi connectivity index (χ2v) is 8.61. The van der Waals surface area contributed by atoms with Crippen molar-refractivity contribution in [3.8, 4) is 5.75 Å². The van der Waals surface area contributed by atoms with Crippen molar-refractivity contribution in [2.24, 2.45) is 0 Å². The van der Waals surface area contributed by atoms with E-state index in [4.69, 9.17) is 4.74 Å². The number of carbonyl (C=O) groups is 1. The van der Waals surface area contributed by atoms with Gasteiger partial charge in [0.1, 0.15) is 18.9 Å². The minimum Gasteiger partial charge on any atom is -0.491 e. The molecule has 0 bridgehead atoms. The van der Waals surface area contributed by atoms with Crippen LogP contribution in [0.5, 0.6) is 5.75 Å². The molecule has 6 nitrogen and oxygen atoms in total. The summed E-state index contributed by atoms with van der Waals surface area (Å²) in [6.07, 6.45) is 1.09. The van der Waals surface area contributed by atoms with E-state index in [-0.39, 0.29) is 25.1 Å². The Morgan fingerprint density at radius 2 is 1.78 bits per heavy atom. The van der Waals surface area contributed by atoms with E-state index in [0.717, 1.165) is 27.4 Å². The quantitative estimate of drug-likeness (QED) is 0.752. The number of amides is 1. The predicted molar refractivity (Wildman–Crippen MR) is 108 cm³/mol. The van der Waals surface area contributed by atoms with Gasteiger partial charge in [0.15, 0.2) is 0 Å². The summed E-state index contributed by atoms with van der Waals surface area (Å²) >= 11 is 0. The van der Waals surface area contributed by atoms with Gasteiger partial charge < -0.3 is 10.1 Å². The van der Waals surface area contributed by atoms with Gasteiger partial charge in [0, 0.05) is 0 Å². The summed E-state index contributed by atoms with van der Waals surface area (Å²) in [5.74, 6) is 0.334. The first kappa shape index (κ1) is 20.8. The molecular formula is C20H26N2O4S. The first-order valence-electron chi connectivity index (χ1n) is 8.68. The molecular weight excluding hydrogens is 364 g/mol. The molecule has 2 aromatic rings. The summed E-state index contributed by atoms with van der Waals surface area (Å²) in [4.78, 5) is 12.4.